The smallest absolute Gasteiger partial charge is 0.291 e. The highest BCUT2D eigenvalue weighted by Gasteiger charge is 2.30. The van der Waals surface area contributed by atoms with Crippen LogP contribution in [0.15, 0.2) is 51.8 Å². The van der Waals surface area contributed by atoms with Crippen LogP contribution in [0.25, 0.3) is 0 Å². The highest BCUT2D eigenvalue weighted by Crippen LogP contribution is 2.33. The summed E-state index contributed by atoms with van der Waals surface area (Å²) >= 11 is 0. The number of H-pyrrole nitrogens is 1. The van der Waals surface area contributed by atoms with Gasteiger partial charge in [0.15, 0.2) is 0 Å². The van der Waals surface area contributed by atoms with Crippen LogP contribution in [0.2, 0.25) is 0 Å². The van der Waals surface area contributed by atoms with E-state index < -0.39 is 11.7 Å². The Morgan fingerprint density at radius 2 is 1.76 bits per heavy atom. The van der Waals surface area contributed by atoms with E-state index in [9.17, 15) is 18.8 Å². The Morgan fingerprint density at radius 3 is 2.50 bits per heavy atom. The Morgan fingerprint density at radius 1 is 1.03 bits per heavy atom. The Labute approximate surface area is 195 Å². The number of benzene rings is 1. The molecule has 176 valence electrons. The van der Waals surface area contributed by atoms with Crippen molar-refractivity contribution in [2.24, 2.45) is 10.2 Å². The molecule has 0 spiro atoms. The number of aromatic amines is 1. The molecule has 1 saturated heterocycles. The van der Waals surface area contributed by atoms with Crippen molar-refractivity contribution in [1.82, 2.24) is 20.0 Å². The van der Waals surface area contributed by atoms with Gasteiger partial charge in [-0.25, -0.2) is 4.39 Å². The van der Waals surface area contributed by atoms with E-state index in [-0.39, 0.29) is 23.4 Å². The van der Waals surface area contributed by atoms with Crippen LogP contribution in [-0.4, -0.2) is 69.9 Å². The van der Waals surface area contributed by atoms with Gasteiger partial charge in [-0.15, -0.1) is 5.11 Å². The molecular formula is C24H25FN6O3. The number of rotatable bonds is 4. The topological polar surface area (TPSA) is 111 Å². The third-order valence-corrected chi connectivity index (χ3v) is 6.73. The molecule has 3 heterocycles. The predicted octanol–water partition coefficient (Wildman–Crippen LogP) is 2.92. The van der Waals surface area contributed by atoms with Crippen LogP contribution in [-0.2, 0) is 11.2 Å². The zero-order valence-electron chi connectivity index (χ0n) is 18.7. The first-order chi connectivity index (χ1) is 16.5. The second kappa shape index (κ2) is 9.28. The molecule has 1 N–H and O–H groups in total. The molecule has 0 bridgehead atoms. The number of azo groups is 1. The van der Waals surface area contributed by atoms with Crippen molar-refractivity contribution in [3.05, 3.63) is 64.2 Å². The number of nitrogens with one attached hydrogen (secondary N) is 1. The van der Waals surface area contributed by atoms with Gasteiger partial charge in [-0.1, -0.05) is 6.07 Å². The summed E-state index contributed by atoms with van der Waals surface area (Å²) in [5.74, 6) is -1.39. The summed E-state index contributed by atoms with van der Waals surface area (Å²) in [5.41, 5.74) is 2.98. The average molecular weight is 465 g/mol. The number of piperazine rings is 1. The van der Waals surface area contributed by atoms with Crippen LogP contribution in [0.4, 0.5) is 4.39 Å². The molecular weight excluding hydrogens is 439 g/mol. The first kappa shape index (κ1) is 22.1. The summed E-state index contributed by atoms with van der Waals surface area (Å²) in [4.78, 5) is 40.9. The van der Waals surface area contributed by atoms with Gasteiger partial charge in [0.25, 0.3) is 17.7 Å². The van der Waals surface area contributed by atoms with Gasteiger partial charge in [0.2, 0.25) is 0 Å². The number of carbonyl (C=O) groups excluding carboxylic acids is 3. The van der Waals surface area contributed by atoms with Crippen LogP contribution in [0, 0.1) is 5.82 Å². The molecule has 0 saturated carbocycles. The van der Waals surface area contributed by atoms with Crippen LogP contribution >= 0.6 is 0 Å². The van der Waals surface area contributed by atoms with Gasteiger partial charge in [-0.3, -0.25) is 19.5 Å². The summed E-state index contributed by atoms with van der Waals surface area (Å²) in [5, 5.41) is 14.5. The van der Waals surface area contributed by atoms with Crippen molar-refractivity contribution in [1.29, 1.82) is 0 Å². The molecule has 1 aromatic carbocycles. The number of carbonyl (C=O) groups is 3. The molecule has 1 atom stereocenters. The summed E-state index contributed by atoms with van der Waals surface area (Å²) in [6.45, 7) is 1.35. The number of aromatic nitrogens is 2. The minimum atomic E-state index is -0.581. The number of hydrogen-bond acceptors (Lipinski definition) is 5. The second-order valence-corrected chi connectivity index (χ2v) is 8.82. The van der Waals surface area contributed by atoms with Crippen LogP contribution < -0.4 is 0 Å². The summed E-state index contributed by atoms with van der Waals surface area (Å²) in [7, 11) is 0. The van der Waals surface area contributed by atoms with Crippen molar-refractivity contribution in [3.63, 3.8) is 0 Å². The highest BCUT2D eigenvalue weighted by molar-refractivity contribution is 5.96. The van der Waals surface area contributed by atoms with Crippen molar-refractivity contribution >= 4 is 17.7 Å². The quantitative estimate of drug-likeness (QED) is 0.750. The number of amides is 3. The van der Waals surface area contributed by atoms with Crippen molar-refractivity contribution in [2.75, 3.05) is 26.2 Å². The minimum absolute atomic E-state index is 0.00696. The van der Waals surface area contributed by atoms with Crippen molar-refractivity contribution < 1.29 is 18.8 Å². The maximum Gasteiger partial charge on any atom is 0.291 e. The maximum absolute atomic E-state index is 14.6. The van der Waals surface area contributed by atoms with Gasteiger partial charge >= 0.3 is 0 Å². The van der Waals surface area contributed by atoms with E-state index in [1.165, 1.54) is 12.3 Å². The maximum atomic E-state index is 14.6. The van der Waals surface area contributed by atoms with E-state index in [4.69, 9.17) is 0 Å². The molecule has 1 aliphatic carbocycles. The second-order valence-electron chi connectivity index (χ2n) is 8.82. The highest BCUT2D eigenvalue weighted by atomic mass is 19.1. The molecule has 3 aliphatic rings. The lowest BCUT2D eigenvalue weighted by Gasteiger charge is -2.34. The van der Waals surface area contributed by atoms with E-state index in [0.29, 0.717) is 38.3 Å². The van der Waals surface area contributed by atoms with Gasteiger partial charge in [-0.2, -0.15) is 10.2 Å². The molecule has 2 aromatic rings. The van der Waals surface area contributed by atoms with E-state index in [2.05, 4.69) is 20.4 Å². The average Bonchev–Trinajstić information content (AvgIpc) is 3.41. The van der Waals surface area contributed by atoms with Crippen molar-refractivity contribution in [2.45, 2.75) is 38.1 Å². The van der Waals surface area contributed by atoms with E-state index in [1.54, 1.807) is 28.0 Å². The summed E-state index contributed by atoms with van der Waals surface area (Å²) in [6.07, 6.45) is 5.51. The van der Waals surface area contributed by atoms with Gasteiger partial charge in [0.1, 0.15) is 11.5 Å². The molecule has 5 rings (SSSR count). The third-order valence-electron chi connectivity index (χ3n) is 6.73. The van der Waals surface area contributed by atoms with Crippen LogP contribution in [0.5, 0.6) is 0 Å². The number of halogens is 1. The number of nitrogens with zero attached hydrogens (tertiary/aromatic N) is 5. The Bertz CT molecular complexity index is 1180. The molecule has 1 fully saturated rings. The lowest BCUT2D eigenvalue weighted by atomic mass is 9.84. The van der Waals surface area contributed by atoms with Crippen LogP contribution in [0.3, 0.4) is 0 Å². The first-order valence-electron chi connectivity index (χ1n) is 11.5. The monoisotopic (exact) mass is 464 g/mol. The SMILES string of the molecule is O=C1N=NC(Cc2ccc(F)c(C(=O)N3CCN(C(=O)c4ccn[nH]4)CC3)c2)C2=C1CCCC2. The molecule has 1 aromatic heterocycles. The number of hydrogen-bond donors (Lipinski definition) is 1. The Hall–Kier alpha value is -3.69. The fourth-order valence-electron chi connectivity index (χ4n) is 4.87. The van der Waals surface area contributed by atoms with E-state index in [0.717, 1.165) is 42.4 Å². The van der Waals surface area contributed by atoms with E-state index >= 15 is 0 Å². The lowest BCUT2D eigenvalue weighted by molar-refractivity contribution is -0.115. The Kier molecular flexibility index (Phi) is 6.04. The molecule has 34 heavy (non-hydrogen) atoms. The minimum Gasteiger partial charge on any atom is -0.335 e. The van der Waals surface area contributed by atoms with Gasteiger partial charge < -0.3 is 9.80 Å². The standard InChI is InChI=1S/C24H25FN6O3/c25-19-6-5-15(14-21-16-3-1-2-4-17(16)22(32)29-28-21)13-18(19)23(33)30-9-11-31(12-10-30)24(34)20-7-8-26-27-20/h5-8,13,21H,1-4,9-12,14H2,(H,26,27). The molecule has 9 nitrogen and oxygen atoms in total. The normalized spacial score (nSPS) is 20.5. The lowest BCUT2D eigenvalue weighted by Crippen LogP contribution is -2.50. The zero-order chi connectivity index (χ0) is 23.7. The van der Waals surface area contributed by atoms with Gasteiger partial charge in [0, 0.05) is 44.4 Å². The fourth-order valence-corrected chi connectivity index (χ4v) is 4.87. The van der Waals surface area contributed by atoms with E-state index in [1.807, 2.05) is 0 Å². The summed E-state index contributed by atoms with van der Waals surface area (Å²) < 4.78 is 14.6. The largest absolute Gasteiger partial charge is 0.335 e. The predicted molar refractivity (Wildman–Crippen MR) is 120 cm³/mol. The fraction of sp³-hybridized carbons (Fsp3) is 0.417. The molecule has 3 amide bonds. The Balaban J connectivity index is 1.27. The van der Waals surface area contributed by atoms with Crippen molar-refractivity contribution in [3.8, 4) is 0 Å². The van der Waals surface area contributed by atoms with Gasteiger partial charge in [0.05, 0.1) is 11.6 Å². The molecule has 0 radical (unpaired) electrons. The van der Waals surface area contributed by atoms with Gasteiger partial charge in [-0.05, 0) is 55.0 Å². The zero-order valence-corrected chi connectivity index (χ0v) is 18.7. The molecule has 2 aliphatic heterocycles. The third kappa shape index (κ3) is 4.27. The molecule has 10 heteroatoms. The molecule has 1 unspecified atom stereocenters. The summed E-state index contributed by atoms with van der Waals surface area (Å²) in [6, 6.07) is 5.90. The first-order valence-corrected chi connectivity index (χ1v) is 11.5. The van der Waals surface area contributed by atoms with Crippen LogP contribution in [0.1, 0.15) is 52.1 Å².